The Morgan fingerprint density at radius 2 is 2.31 bits per heavy atom. The van der Waals surface area contributed by atoms with Crippen molar-refractivity contribution in [3.05, 3.63) is 36.2 Å². The number of ether oxygens (including phenoxy) is 1. The zero-order chi connectivity index (χ0) is 11.4. The van der Waals surface area contributed by atoms with E-state index in [4.69, 9.17) is 4.74 Å². The third-order valence-corrected chi connectivity index (χ3v) is 3.29. The van der Waals surface area contributed by atoms with Crippen LogP contribution in [0.15, 0.2) is 35.7 Å². The van der Waals surface area contributed by atoms with Crippen molar-refractivity contribution in [1.82, 2.24) is 15.2 Å². The molecule has 0 amide bonds. The lowest BCUT2D eigenvalue weighted by molar-refractivity contribution is 0.414. The Kier molecular flexibility index (Phi) is 3.46. The Morgan fingerprint density at radius 1 is 1.44 bits per heavy atom. The average molecular weight is 235 g/mol. The molecule has 1 atom stereocenters. The lowest BCUT2D eigenvalue weighted by Gasteiger charge is -2.10. The minimum Gasteiger partial charge on any atom is -0.497 e. The minimum absolute atomic E-state index is 0.308. The molecule has 0 spiro atoms. The fourth-order valence-electron chi connectivity index (χ4n) is 1.38. The summed E-state index contributed by atoms with van der Waals surface area (Å²) in [6.07, 6.45) is 1.51. The molecule has 2 rings (SSSR count). The second-order valence-corrected chi connectivity index (χ2v) is 4.66. The Morgan fingerprint density at radius 3 is 3.00 bits per heavy atom. The van der Waals surface area contributed by atoms with Crippen LogP contribution in [0.1, 0.15) is 17.7 Å². The Balaban J connectivity index is 2.11. The van der Waals surface area contributed by atoms with Gasteiger partial charge in [-0.05, 0) is 24.6 Å². The summed E-state index contributed by atoms with van der Waals surface area (Å²) in [6, 6.07) is 8.05. The SMILES string of the molecule is COc1cccc(C(C)Sc2ncn[nH]2)c1. The molecule has 1 N–H and O–H groups in total. The lowest BCUT2D eigenvalue weighted by atomic mass is 10.1. The molecule has 4 nitrogen and oxygen atoms in total. The first-order chi connectivity index (χ1) is 7.79. The zero-order valence-electron chi connectivity index (χ0n) is 9.18. The molecule has 0 aliphatic heterocycles. The molecule has 1 unspecified atom stereocenters. The van der Waals surface area contributed by atoms with Crippen LogP contribution >= 0.6 is 11.8 Å². The molecule has 1 aromatic heterocycles. The van der Waals surface area contributed by atoms with Gasteiger partial charge < -0.3 is 4.74 Å². The van der Waals surface area contributed by atoms with E-state index >= 15 is 0 Å². The molecule has 84 valence electrons. The van der Waals surface area contributed by atoms with Crippen LogP contribution in [0.2, 0.25) is 0 Å². The number of methoxy groups -OCH3 is 1. The summed E-state index contributed by atoms with van der Waals surface area (Å²) < 4.78 is 5.20. The van der Waals surface area contributed by atoms with E-state index in [9.17, 15) is 0 Å². The number of hydrogen-bond donors (Lipinski definition) is 1. The summed E-state index contributed by atoms with van der Waals surface area (Å²) in [6.45, 7) is 2.13. The highest BCUT2D eigenvalue weighted by molar-refractivity contribution is 7.99. The maximum Gasteiger partial charge on any atom is 0.183 e. The van der Waals surface area contributed by atoms with E-state index in [1.807, 2.05) is 18.2 Å². The molecule has 0 fully saturated rings. The van der Waals surface area contributed by atoms with E-state index in [2.05, 4.69) is 28.2 Å². The van der Waals surface area contributed by atoms with E-state index in [1.165, 1.54) is 11.9 Å². The van der Waals surface area contributed by atoms with Crippen LogP contribution in [-0.2, 0) is 0 Å². The quantitative estimate of drug-likeness (QED) is 0.828. The molecular formula is C11H13N3OS. The van der Waals surface area contributed by atoms with Crippen molar-refractivity contribution in [2.75, 3.05) is 7.11 Å². The van der Waals surface area contributed by atoms with Gasteiger partial charge in [0.25, 0.3) is 0 Å². The third-order valence-electron chi connectivity index (χ3n) is 2.24. The first kappa shape index (κ1) is 11.0. The molecule has 16 heavy (non-hydrogen) atoms. The third kappa shape index (κ3) is 2.55. The Labute approximate surface area is 98.4 Å². The molecule has 0 saturated heterocycles. The topological polar surface area (TPSA) is 50.8 Å². The molecule has 1 heterocycles. The van der Waals surface area contributed by atoms with Gasteiger partial charge in [-0.2, -0.15) is 5.10 Å². The summed E-state index contributed by atoms with van der Waals surface area (Å²) in [4.78, 5) is 4.09. The number of thioether (sulfide) groups is 1. The van der Waals surface area contributed by atoms with Gasteiger partial charge in [0.05, 0.1) is 7.11 Å². The van der Waals surface area contributed by atoms with Gasteiger partial charge in [-0.15, -0.1) is 0 Å². The van der Waals surface area contributed by atoms with E-state index in [0.29, 0.717) is 5.25 Å². The molecule has 0 aliphatic carbocycles. The summed E-state index contributed by atoms with van der Waals surface area (Å²) >= 11 is 1.64. The first-order valence-corrected chi connectivity index (χ1v) is 5.83. The standard InChI is InChI=1S/C11H13N3OS/c1-8(16-11-12-7-13-14-11)9-4-3-5-10(6-9)15-2/h3-8H,1-2H3,(H,12,13,14). The molecule has 2 aromatic rings. The first-order valence-electron chi connectivity index (χ1n) is 4.95. The van der Waals surface area contributed by atoms with Crippen LogP contribution in [0.25, 0.3) is 0 Å². The van der Waals surface area contributed by atoms with Crippen molar-refractivity contribution in [1.29, 1.82) is 0 Å². The maximum absolute atomic E-state index is 5.20. The van der Waals surface area contributed by atoms with Crippen molar-refractivity contribution in [2.24, 2.45) is 0 Å². The molecule has 0 saturated carbocycles. The molecular weight excluding hydrogens is 222 g/mol. The van der Waals surface area contributed by atoms with Crippen molar-refractivity contribution in [3.63, 3.8) is 0 Å². The predicted molar refractivity (Wildman–Crippen MR) is 63.6 cm³/mol. The number of H-pyrrole nitrogens is 1. The van der Waals surface area contributed by atoms with Gasteiger partial charge in [-0.1, -0.05) is 23.9 Å². The van der Waals surface area contributed by atoms with Gasteiger partial charge in [0.15, 0.2) is 5.16 Å². The predicted octanol–water partition coefficient (Wildman–Crippen LogP) is 2.67. The fraction of sp³-hybridized carbons (Fsp3) is 0.273. The average Bonchev–Trinajstić information content (AvgIpc) is 2.82. The van der Waals surface area contributed by atoms with Crippen LogP contribution in [0.4, 0.5) is 0 Å². The van der Waals surface area contributed by atoms with Crippen LogP contribution < -0.4 is 4.74 Å². The number of benzene rings is 1. The highest BCUT2D eigenvalue weighted by Gasteiger charge is 2.09. The van der Waals surface area contributed by atoms with Gasteiger partial charge >= 0.3 is 0 Å². The summed E-state index contributed by atoms with van der Waals surface area (Å²) in [5.74, 6) is 0.877. The van der Waals surface area contributed by atoms with Gasteiger partial charge in [-0.25, -0.2) is 4.98 Å². The van der Waals surface area contributed by atoms with Crippen molar-refractivity contribution in [3.8, 4) is 5.75 Å². The normalized spacial score (nSPS) is 12.4. The van der Waals surface area contributed by atoms with Crippen molar-refractivity contribution >= 4 is 11.8 Å². The summed E-state index contributed by atoms with van der Waals surface area (Å²) in [7, 11) is 1.67. The Bertz CT molecular complexity index is 444. The number of hydrogen-bond acceptors (Lipinski definition) is 4. The van der Waals surface area contributed by atoms with Crippen molar-refractivity contribution < 1.29 is 4.74 Å². The number of rotatable bonds is 4. The van der Waals surface area contributed by atoms with Crippen LogP contribution in [-0.4, -0.2) is 22.3 Å². The van der Waals surface area contributed by atoms with E-state index < -0.39 is 0 Å². The van der Waals surface area contributed by atoms with Crippen LogP contribution in [0.3, 0.4) is 0 Å². The fourth-order valence-corrected chi connectivity index (χ4v) is 2.21. The summed E-state index contributed by atoms with van der Waals surface area (Å²) in [5, 5.41) is 7.80. The molecule has 1 aromatic carbocycles. The van der Waals surface area contributed by atoms with E-state index in [-0.39, 0.29) is 0 Å². The smallest absolute Gasteiger partial charge is 0.183 e. The second kappa shape index (κ2) is 5.03. The monoisotopic (exact) mass is 235 g/mol. The number of aromatic amines is 1. The maximum atomic E-state index is 5.20. The van der Waals surface area contributed by atoms with Gasteiger partial charge in [0, 0.05) is 5.25 Å². The highest BCUT2D eigenvalue weighted by Crippen LogP contribution is 2.33. The molecule has 0 radical (unpaired) electrons. The lowest BCUT2D eigenvalue weighted by Crippen LogP contribution is -1.91. The van der Waals surface area contributed by atoms with Crippen molar-refractivity contribution in [2.45, 2.75) is 17.3 Å². The zero-order valence-corrected chi connectivity index (χ0v) is 9.99. The van der Waals surface area contributed by atoms with Crippen LogP contribution in [0.5, 0.6) is 5.75 Å². The van der Waals surface area contributed by atoms with E-state index in [1.54, 1.807) is 18.9 Å². The molecule has 0 aliphatic rings. The number of nitrogens with one attached hydrogen (secondary N) is 1. The largest absolute Gasteiger partial charge is 0.497 e. The van der Waals surface area contributed by atoms with Crippen LogP contribution in [0, 0.1) is 0 Å². The Hall–Kier alpha value is -1.49. The minimum atomic E-state index is 0.308. The van der Waals surface area contributed by atoms with E-state index in [0.717, 1.165) is 10.9 Å². The highest BCUT2D eigenvalue weighted by atomic mass is 32.2. The number of aromatic nitrogens is 3. The van der Waals surface area contributed by atoms with Gasteiger partial charge in [0.2, 0.25) is 0 Å². The van der Waals surface area contributed by atoms with Gasteiger partial charge in [-0.3, -0.25) is 5.10 Å². The molecule has 0 bridgehead atoms. The van der Waals surface area contributed by atoms with Gasteiger partial charge in [0.1, 0.15) is 12.1 Å². The number of nitrogens with zero attached hydrogens (tertiary/aromatic N) is 2. The second-order valence-electron chi connectivity index (χ2n) is 3.33. The summed E-state index contributed by atoms with van der Waals surface area (Å²) in [5.41, 5.74) is 1.21. The molecule has 5 heteroatoms.